The molecule has 16 heavy (non-hydrogen) atoms. The van der Waals surface area contributed by atoms with Crippen LogP contribution in [0.15, 0.2) is 36.4 Å². The molecule has 0 fully saturated rings. The zero-order valence-corrected chi connectivity index (χ0v) is 8.22. The number of halogens is 2. The molecule has 0 aliphatic carbocycles. The molecule has 0 aliphatic heterocycles. The molecular weight excluding hydrogens is 206 g/mol. The molecule has 0 N–H and O–H groups in total. The first kappa shape index (κ1) is 9.28. The number of hydrogen-bond acceptors (Lipinski definition) is 0. The van der Waals surface area contributed by atoms with E-state index in [1.165, 1.54) is 12.1 Å². The van der Waals surface area contributed by atoms with Gasteiger partial charge in [0.25, 0.3) is 0 Å². The fourth-order valence-electron chi connectivity index (χ4n) is 1.82. The van der Waals surface area contributed by atoms with E-state index >= 15 is 0 Å². The SMILES string of the molecule is Fc1[c]cc2cc3cc(F)[c]cc3cc2c1. The molecule has 3 aromatic rings. The molecule has 0 amide bonds. The second-order valence-corrected chi connectivity index (χ2v) is 3.67. The molecule has 0 heterocycles. The van der Waals surface area contributed by atoms with Gasteiger partial charge in [-0.2, -0.15) is 0 Å². The zero-order valence-electron chi connectivity index (χ0n) is 8.22. The van der Waals surface area contributed by atoms with E-state index in [-0.39, 0.29) is 0 Å². The van der Waals surface area contributed by atoms with E-state index in [1.54, 1.807) is 12.1 Å². The molecule has 0 nitrogen and oxygen atoms in total. The topological polar surface area (TPSA) is 0 Å². The van der Waals surface area contributed by atoms with Crippen LogP contribution in [0.4, 0.5) is 8.78 Å². The quantitative estimate of drug-likeness (QED) is 0.496. The van der Waals surface area contributed by atoms with E-state index < -0.39 is 11.6 Å². The Hall–Kier alpha value is -1.96. The summed E-state index contributed by atoms with van der Waals surface area (Å²) in [5, 5.41) is 3.26. The van der Waals surface area contributed by atoms with Crippen LogP contribution in [0.5, 0.6) is 0 Å². The van der Waals surface area contributed by atoms with Crippen LogP contribution in [0.3, 0.4) is 0 Å². The van der Waals surface area contributed by atoms with Gasteiger partial charge >= 0.3 is 0 Å². The van der Waals surface area contributed by atoms with Gasteiger partial charge < -0.3 is 0 Å². The molecule has 3 aromatic carbocycles. The minimum Gasteiger partial charge on any atom is -0.206 e. The minimum absolute atomic E-state index is 0.391. The van der Waals surface area contributed by atoms with Gasteiger partial charge in [-0.1, -0.05) is 0 Å². The first-order chi connectivity index (χ1) is 7.72. The lowest BCUT2D eigenvalue weighted by Gasteiger charge is -2.02. The van der Waals surface area contributed by atoms with E-state index in [4.69, 9.17) is 0 Å². The van der Waals surface area contributed by atoms with E-state index in [2.05, 4.69) is 12.1 Å². The Morgan fingerprint density at radius 2 is 1.06 bits per heavy atom. The summed E-state index contributed by atoms with van der Waals surface area (Å²) in [5.41, 5.74) is 0. The summed E-state index contributed by atoms with van der Waals surface area (Å²) in [6.45, 7) is 0. The van der Waals surface area contributed by atoms with Crippen LogP contribution in [0.1, 0.15) is 0 Å². The summed E-state index contributed by atoms with van der Waals surface area (Å²) in [4.78, 5) is 0. The fourth-order valence-corrected chi connectivity index (χ4v) is 1.82. The average Bonchev–Trinajstić information content (AvgIpc) is 2.26. The van der Waals surface area contributed by atoms with E-state index in [0.29, 0.717) is 0 Å². The third kappa shape index (κ3) is 1.43. The van der Waals surface area contributed by atoms with Gasteiger partial charge in [-0.3, -0.25) is 0 Å². The van der Waals surface area contributed by atoms with E-state index in [1.807, 2.05) is 12.1 Å². The predicted molar refractivity (Wildman–Crippen MR) is 59.0 cm³/mol. The summed E-state index contributed by atoms with van der Waals surface area (Å²) >= 11 is 0. The van der Waals surface area contributed by atoms with Crippen LogP contribution >= 0.6 is 0 Å². The van der Waals surface area contributed by atoms with Gasteiger partial charge in [-0.25, -0.2) is 8.78 Å². The van der Waals surface area contributed by atoms with Gasteiger partial charge in [-0.15, -0.1) is 0 Å². The normalized spacial score (nSPS) is 11.1. The lowest BCUT2D eigenvalue weighted by atomic mass is 10.0. The van der Waals surface area contributed by atoms with Crippen LogP contribution in [0.2, 0.25) is 0 Å². The second kappa shape index (κ2) is 3.27. The molecule has 0 spiro atoms. The maximum absolute atomic E-state index is 13.0. The number of fused-ring (bicyclic) bond motifs is 2. The molecule has 2 radical (unpaired) electrons. The third-order valence-corrected chi connectivity index (χ3v) is 2.58. The Bertz CT molecular complexity index is 625. The minimum atomic E-state index is -0.391. The van der Waals surface area contributed by atoms with Gasteiger partial charge in [-0.05, 0) is 57.9 Å². The Morgan fingerprint density at radius 1 is 0.625 bits per heavy atom. The predicted octanol–water partition coefficient (Wildman–Crippen LogP) is 3.87. The largest absolute Gasteiger partial charge is 0.206 e. The molecule has 0 saturated carbocycles. The van der Waals surface area contributed by atoms with Gasteiger partial charge in [0.15, 0.2) is 0 Å². The van der Waals surface area contributed by atoms with Gasteiger partial charge in [0.1, 0.15) is 11.6 Å². The lowest BCUT2D eigenvalue weighted by Crippen LogP contribution is -1.80. The maximum Gasteiger partial charge on any atom is 0.131 e. The lowest BCUT2D eigenvalue weighted by molar-refractivity contribution is 0.626. The fraction of sp³-hybridized carbons (Fsp3) is 0. The molecule has 0 aromatic heterocycles. The monoisotopic (exact) mass is 212 g/mol. The molecule has 0 aliphatic rings. The van der Waals surface area contributed by atoms with Crippen molar-refractivity contribution >= 4 is 21.5 Å². The molecule has 0 unspecified atom stereocenters. The summed E-state index contributed by atoms with van der Waals surface area (Å²) < 4.78 is 26.0. The van der Waals surface area contributed by atoms with Crippen molar-refractivity contribution in [2.75, 3.05) is 0 Å². The molecule has 0 atom stereocenters. The van der Waals surface area contributed by atoms with Crippen LogP contribution in [0, 0.1) is 23.8 Å². The van der Waals surface area contributed by atoms with Crippen molar-refractivity contribution in [1.82, 2.24) is 0 Å². The summed E-state index contributed by atoms with van der Waals surface area (Å²) in [6, 6.07) is 14.6. The number of benzene rings is 3. The first-order valence-corrected chi connectivity index (χ1v) is 4.84. The molecule has 0 bridgehead atoms. The van der Waals surface area contributed by atoms with Crippen molar-refractivity contribution < 1.29 is 8.78 Å². The number of rotatable bonds is 0. The Morgan fingerprint density at radius 3 is 1.50 bits per heavy atom. The second-order valence-electron chi connectivity index (χ2n) is 3.67. The van der Waals surface area contributed by atoms with Crippen LogP contribution in [0.25, 0.3) is 21.5 Å². The van der Waals surface area contributed by atoms with Gasteiger partial charge in [0.2, 0.25) is 0 Å². The van der Waals surface area contributed by atoms with Crippen molar-refractivity contribution in [3.05, 3.63) is 60.2 Å². The van der Waals surface area contributed by atoms with Crippen molar-refractivity contribution in [3.63, 3.8) is 0 Å². The molecule has 3 rings (SSSR count). The highest BCUT2D eigenvalue weighted by atomic mass is 19.1. The Kier molecular flexibility index (Phi) is 1.90. The third-order valence-electron chi connectivity index (χ3n) is 2.58. The summed E-state index contributed by atoms with van der Waals surface area (Å²) in [6.07, 6.45) is 0. The maximum atomic E-state index is 13.0. The Balaban J connectivity index is 2.44. The van der Waals surface area contributed by atoms with Crippen molar-refractivity contribution in [2.45, 2.75) is 0 Å². The Labute approximate surface area is 91.1 Å². The standard InChI is InChI=1S/C14H6F2/c15-13-3-1-9-5-12-8-14(16)4-2-10(12)6-11(9)7-13/h1-2,5-8H. The van der Waals surface area contributed by atoms with Gasteiger partial charge in [0.05, 0.1) is 0 Å². The molecular formula is C14H6F2. The average molecular weight is 212 g/mol. The van der Waals surface area contributed by atoms with E-state index in [0.717, 1.165) is 21.5 Å². The molecule has 76 valence electrons. The number of hydrogen-bond donors (Lipinski definition) is 0. The van der Waals surface area contributed by atoms with Gasteiger partial charge in [0, 0.05) is 12.1 Å². The molecule has 0 saturated heterocycles. The highest BCUT2D eigenvalue weighted by Crippen LogP contribution is 2.23. The van der Waals surface area contributed by atoms with Crippen molar-refractivity contribution in [1.29, 1.82) is 0 Å². The highest BCUT2D eigenvalue weighted by molar-refractivity contribution is 5.98. The molecule has 2 heteroatoms. The smallest absolute Gasteiger partial charge is 0.131 e. The van der Waals surface area contributed by atoms with Crippen molar-refractivity contribution in [2.24, 2.45) is 0 Å². The van der Waals surface area contributed by atoms with E-state index in [9.17, 15) is 8.78 Å². The van der Waals surface area contributed by atoms with Crippen molar-refractivity contribution in [3.8, 4) is 0 Å². The zero-order chi connectivity index (χ0) is 11.1. The van der Waals surface area contributed by atoms with Crippen LogP contribution < -0.4 is 0 Å². The summed E-state index contributed by atoms with van der Waals surface area (Å²) in [5.74, 6) is -0.782. The van der Waals surface area contributed by atoms with Crippen LogP contribution in [-0.4, -0.2) is 0 Å². The first-order valence-electron chi connectivity index (χ1n) is 4.84. The highest BCUT2D eigenvalue weighted by Gasteiger charge is 2.01. The van der Waals surface area contributed by atoms with Crippen LogP contribution in [-0.2, 0) is 0 Å². The summed E-state index contributed by atoms with van der Waals surface area (Å²) in [7, 11) is 0.